The van der Waals surface area contributed by atoms with Crippen molar-refractivity contribution in [2.75, 3.05) is 6.61 Å². The summed E-state index contributed by atoms with van der Waals surface area (Å²) < 4.78 is 5.67. The van der Waals surface area contributed by atoms with E-state index in [1.54, 1.807) is 0 Å². The quantitative estimate of drug-likeness (QED) is 0.575. The van der Waals surface area contributed by atoms with Crippen LogP contribution in [-0.4, -0.2) is 18.1 Å². The molecule has 1 aliphatic carbocycles. The molecule has 1 heterocycles. The Balaban J connectivity index is 1.89. The van der Waals surface area contributed by atoms with E-state index in [0.717, 1.165) is 18.9 Å². The molecule has 1 aliphatic heterocycles. The van der Waals surface area contributed by atoms with Gasteiger partial charge in [-0.05, 0) is 25.2 Å². The van der Waals surface area contributed by atoms with Crippen molar-refractivity contribution < 1.29 is 4.74 Å². The topological polar surface area (TPSA) is 9.23 Å². The van der Waals surface area contributed by atoms with Crippen molar-refractivity contribution in [1.82, 2.24) is 0 Å². The molecule has 0 spiro atoms. The van der Waals surface area contributed by atoms with Crippen LogP contribution in [0.15, 0.2) is 0 Å². The van der Waals surface area contributed by atoms with Crippen LogP contribution in [0.25, 0.3) is 0 Å². The molecule has 0 aromatic heterocycles. The van der Waals surface area contributed by atoms with Crippen molar-refractivity contribution >= 4 is 11.6 Å². The van der Waals surface area contributed by atoms with E-state index in [9.17, 15) is 0 Å². The molecular weight excluding hydrogens is 172 g/mol. The first-order valence-corrected chi connectivity index (χ1v) is 5.57. The fourth-order valence-electron chi connectivity index (χ4n) is 2.48. The predicted octanol–water partition coefficient (Wildman–Crippen LogP) is 2.96. The molecule has 0 aromatic rings. The van der Waals surface area contributed by atoms with Gasteiger partial charge in [-0.2, -0.15) is 0 Å². The average Bonchev–Trinajstić information content (AvgIpc) is 2.53. The van der Waals surface area contributed by atoms with E-state index in [4.69, 9.17) is 16.3 Å². The highest BCUT2D eigenvalue weighted by Gasteiger charge is 2.33. The lowest BCUT2D eigenvalue weighted by Gasteiger charge is -2.28. The summed E-state index contributed by atoms with van der Waals surface area (Å²) in [6, 6.07) is 0. The van der Waals surface area contributed by atoms with Crippen LogP contribution in [0.4, 0.5) is 0 Å². The summed E-state index contributed by atoms with van der Waals surface area (Å²) in [5.41, 5.74) is 0. The van der Waals surface area contributed by atoms with Gasteiger partial charge in [0.15, 0.2) is 0 Å². The molecule has 2 heteroatoms. The minimum Gasteiger partial charge on any atom is -0.376 e. The normalized spacial score (nSPS) is 38.8. The van der Waals surface area contributed by atoms with Crippen molar-refractivity contribution in [2.45, 2.75) is 50.0 Å². The third-order valence-corrected chi connectivity index (χ3v) is 3.64. The molecule has 0 radical (unpaired) electrons. The maximum absolute atomic E-state index is 6.19. The van der Waals surface area contributed by atoms with Crippen molar-refractivity contribution in [3.05, 3.63) is 0 Å². The number of alkyl halides is 1. The van der Waals surface area contributed by atoms with Gasteiger partial charge < -0.3 is 4.74 Å². The molecule has 1 nitrogen and oxygen atoms in total. The molecule has 0 N–H and O–H groups in total. The summed E-state index contributed by atoms with van der Waals surface area (Å²) >= 11 is 6.19. The first-order chi connectivity index (χ1) is 5.88. The molecule has 2 rings (SSSR count). The fourth-order valence-corrected chi connectivity index (χ4v) is 2.85. The van der Waals surface area contributed by atoms with E-state index in [1.807, 2.05) is 0 Å². The van der Waals surface area contributed by atoms with Crippen molar-refractivity contribution in [1.29, 1.82) is 0 Å². The van der Waals surface area contributed by atoms with Gasteiger partial charge in [0.25, 0.3) is 0 Å². The fraction of sp³-hybridized carbons (Fsp3) is 1.00. The van der Waals surface area contributed by atoms with Crippen LogP contribution in [0, 0.1) is 5.92 Å². The predicted molar refractivity (Wildman–Crippen MR) is 50.6 cm³/mol. The second kappa shape index (κ2) is 3.97. The monoisotopic (exact) mass is 188 g/mol. The highest BCUT2D eigenvalue weighted by atomic mass is 35.5. The lowest BCUT2D eigenvalue weighted by molar-refractivity contribution is 0.0492. The number of ether oxygens (including phenoxy) is 1. The first kappa shape index (κ1) is 8.83. The van der Waals surface area contributed by atoms with Gasteiger partial charge in [-0.25, -0.2) is 0 Å². The molecule has 0 amide bonds. The molecule has 0 bridgehead atoms. The van der Waals surface area contributed by atoms with E-state index in [-0.39, 0.29) is 0 Å². The zero-order chi connectivity index (χ0) is 8.39. The van der Waals surface area contributed by atoms with Crippen molar-refractivity contribution in [2.24, 2.45) is 5.92 Å². The smallest absolute Gasteiger partial charge is 0.0767 e. The Labute approximate surface area is 79.4 Å². The Morgan fingerprint density at radius 2 is 1.75 bits per heavy atom. The van der Waals surface area contributed by atoms with Gasteiger partial charge in [0.1, 0.15) is 0 Å². The van der Waals surface area contributed by atoms with E-state index in [0.29, 0.717) is 11.5 Å². The van der Waals surface area contributed by atoms with Crippen LogP contribution < -0.4 is 0 Å². The van der Waals surface area contributed by atoms with E-state index in [2.05, 4.69) is 0 Å². The van der Waals surface area contributed by atoms with Gasteiger partial charge in [0.05, 0.1) is 11.5 Å². The molecule has 1 saturated carbocycles. The molecule has 2 aliphatic rings. The maximum Gasteiger partial charge on any atom is 0.0767 e. The molecule has 1 saturated heterocycles. The van der Waals surface area contributed by atoms with E-state index >= 15 is 0 Å². The van der Waals surface area contributed by atoms with E-state index < -0.39 is 0 Å². The van der Waals surface area contributed by atoms with Gasteiger partial charge in [0.2, 0.25) is 0 Å². The lowest BCUT2D eigenvalue weighted by atomic mass is 9.84. The Kier molecular flexibility index (Phi) is 2.92. The van der Waals surface area contributed by atoms with Crippen LogP contribution >= 0.6 is 11.6 Å². The minimum atomic E-state index is 0.299. The Bertz CT molecular complexity index is 143. The Hall–Kier alpha value is 0.250. The zero-order valence-corrected chi connectivity index (χ0v) is 8.22. The van der Waals surface area contributed by atoms with Gasteiger partial charge >= 0.3 is 0 Å². The lowest BCUT2D eigenvalue weighted by Crippen LogP contribution is -2.28. The van der Waals surface area contributed by atoms with Gasteiger partial charge in [-0.3, -0.25) is 0 Å². The minimum absolute atomic E-state index is 0.299. The highest BCUT2D eigenvalue weighted by Crippen LogP contribution is 2.34. The largest absolute Gasteiger partial charge is 0.376 e. The third-order valence-electron chi connectivity index (χ3n) is 3.17. The van der Waals surface area contributed by atoms with Crippen molar-refractivity contribution in [3.8, 4) is 0 Å². The molecule has 12 heavy (non-hydrogen) atoms. The number of halogens is 1. The summed E-state index contributed by atoms with van der Waals surface area (Å²) in [6.07, 6.45) is 8.30. The number of hydrogen-bond acceptors (Lipinski definition) is 1. The van der Waals surface area contributed by atoms with Gasteiger partial charge in [-0.1, -0.05) is 19.3 Å². The SMILES string of the molecule is Cl[C@@H]1CCO[C@H]1C1CCCCC1. The highest BCUT2D eigenvalue weighted by molar-refractivity contribution is 6.21. The van der Waals surface area contributed by atoms with Crippen LogP contribution in [0.5, 0.6) is 0 Å². The molecule has 0 aromatic carbocycles. The first-order valence-electron chi connectivity index (χ1n) is 5.13. The third kappa shape index (κ3) is 1.77. The molecule has 70 valence electrons. The zero-order valence-electron chi connectivity index (χ0n) is 7.47. The number of hydrogen-bond donors (Lipinski definition) is 0. The van der Waals surface area contributed by atoms with Crippen LogP contribution in [0.3, 0.4) is 0 Å². The molecular formula is C10H17ClO. The molecule has 2 fully saturated rings. The summed E-state index contributed by atoms with van der Waals surface area (Å²) in [7, 11) is 0. The maximum atomic E-state index is 6.19. The second-order valence-electron chi connectivity index (χ2n) is 4.04. The summed E-state index contributed by atoms with van der Waals surface area (Å²) in [5.74, 6) is 0.767. The van der Waals surface area contributed by atoms with E-state index in [1.165, 1.54) is 32.1 Å². The van der Waals surface area contributed by atoms with Gasteiger partial charge in [0, 0.05) is 6.61 Å². The molecule has 2 atom stereocenters. The summed E-state index contributed by atoms with van der Waals surface area (Å²) in [6.45, 7) is 0.884. The standard InChI is InChI=1S/C10H17ClO/c11-9-6-7-12-10(9)8-4-2-1-3-5-8/h8-10H,1-7H2/t9-,10+/m1/s1. The second-order valence-corrected chi connectivity index (χ2v) is 4.60. The van der Waals surface area contributed by atoms with Crippen molar-refractivity contribution in [3.63, 3.8) is 0 Å². The summed E-state index contributed by atoms with van der Waals surface area (Å²) in [4.78, 5) is 0. The Morgan fingerprint density at radius 1 is 1.00 bits per heavy atom. The Morgan fingerprint density at radius 3 is 2.33 bits per heavy atom. The number of rotatable bonds is 1. The van der Waals surface area contributed by atoms with Crippen LogP contribution in [0.1, 0.15) is 38.5 Å². The van der Waals surface area contributed by atoms with Gasteiger partial charge in [-0.15, -0.1) is 11.6 Å². The molecule has 0 unspecified atom stereocenters. The summed E-state index contributed by atoms with van der Waals surface area (Å²) in [5, 5.41) is 0.299. The average molecular weight is 189 g/mol. The van der Waals surface area contributed by atoms with Crippen LogP contribution in [0.2, 0.25) is 0 Å². The van der Waals surface area contributed by atoms with Crippen LogP contribution in [-0.2, 0) is 4.74 Å².